The summed E-state index contributed by atoms with van der Waals surface area (Å²) in [6.07, 6.45) is 2.02. The number of thiocarbonyl (C=S) groups is 1. The van der Waals surface area contributed by atoms with Gasteiger partial charge in [0.25, 0.3) is 0 Å². The Morgan fingerprint density at radius 3 is 2.73 bits per heavy atom. The monoisotopic (exact) mass is 336 g/mol. The van der Waals surface area contributed by atoms with Gasteiger partial charge < -0.3 is 5.32 Å². The summed E-state index contributed by atoms with van der Waals surface area (Å²) in [6, 6.07) is 9.90. The Labute approximate surface area is 140 Å². The third-order valence-electron chi connectivity index (χ3n) is 3.55. The molecule has 22 heavy (non-hydrogen) atoms. The molecule has 0 radical (unpaired) electrons. The number of carbonyl (C=O) groups is 2. The third kappa shape index (κ3) is 4.81. The molecule has 0 unspecified atom stereocenters. The standard InChI is InChI=1S/C16H20N2O2S2/c1-12(13-7-3-2-4-8-13)17-14(19)9-5-6-10-18-15(20)11-22-16(18)21/h2-4,7-8,12H,5-6,9-11H2,1H3,(H,17,19)/t12-/m1/s1. The lowest BCUT2D eigenvalue weighted by atomic mass is 10.1. The van der Waals surface area contributed by atoms with Crippen LogP contribution in [-0.2, 0) is 9.59 Å². The van der Waals surface area contributed by atoms with Crippen LogP contribution in [0.3, 0.4) is 0 Å². The fraction of sp³-hybridized carbons (Fsp3) is 0.438. The molecular weight excluding hydrogens is 316 g/mol. The lowest BCUT2D eigenvalue weighted by molar-refractivity contribution is -0.124. The molecule has 0 aromatic heterocycles. The predicted octanol–water partition coefficient (Wildman–Crippen LogP) is 2.89. The van der Waals surface area contributed by atoms with Crippen molar-refractivity contribution in [2.24, 2.45) is 0 Å². The number of carbonyl (C=O) groups excluding carboxylic acids is 2. The number of nitrogens with zero attached hydrogens (tertiary/aromatic N) is 1. The SMILES string of the molecule is C[C@@H](NC(=O)CCCCN1C(=O)CSC1=S)c1ccccc1. The second kappa shape index (κ2) is 8.29. The van der Waals surface area contributed by atoms with E-state index in [9.17, 15) is 9.59 Å². The summed E-state index contributed by atoms with van der Waals surface area (Å²) in [5, 5.41) is 2.99. The van der Waals surface area contributed by atoms with E-state index < -0.39 is 0 Å². The van der Waals surface area contributed by atoms with E-state index in [1.165, 1.54) is 11.8 Å². The summed E-state index contributed by atoms with van der Waals surface area (Å²) in [7, 11) is 0. The average Bonchev–Trinajstić information content (AvgIpc) is 2.83. The van der Waals surface area contributed by atoms with Crippen LogP contribution in [0.25, 0.3) is 0 Å². The van der Waals surface area contributed by atoms with Crippen molar-refractivity contribution < 1.29 is 9.59 Å². The van der Waals surface area contributed by atoms with Crippen molar-refractivity contribution in [1.29, 1.82) is 0 Å². The van der Waals surface area contributed by atoms with Gasteiger partial charge in [0.15, 0.2) is 0 Å². The zero-order valence-corrected chi connectivity index (χ0v) is 14.2. The molecule has 1 heterocycles. The number of thioether (sulfide) groups is 1. The minimum atomic E-state index is 0.0119. The maximum absolute atomic E-state index is 11.9. The molecule has 1 N–H and O–H groups in total. The molecule has 1 aliphatic heterocycles. The average molecular weight is 336 g/mol. The molecule has 1 atom stereocenters. The number of unbranched alkanes of at least 4 members (excludes halogenated alkanes) is 1. The fourth-order valence-electron chi connectivity index (χ4n) is 2.29. The first kappa shape index (κ1) is 17.0. The van der Waals surface area contributed by atoms with Gasteiger partial charge >= 0.3 is 0 Å². The largest absolute Gasteiger partial charge is 0.350 e. The summed E-state index contributed by atoms with van der Waals surface area (Å²) in [6.45, 7) is 2.60. The quantitative estimate of drug-likeness (QED) is 0.614. The zero-order chi connectivity index (χ0) is 15.9. The van der Waals surface area contributed by atoms with Gasteiger partial charge in [-0.1, -0.05) is 54.3 Å². The molecule has 4 nitrogen and oxygen atoms in total. The van der Waals surface area contributed by atoms with Gasteiger partial charge in [-0.3, -0.25) is 14.5 Å². The van der Waals surface area contributed by atoms with Gasteiger partial charge in [-0.25, -0.2) is 0 Å². The van der Waals surface area contributed by atoms with Crippen LogP contribution in [0.4, 0.5) is 0 Å². The van der Waals surface area contributed by atoms with Crippen LogP contribution in [0.15, 0.2) is 30.3 Å². The van der Waals surface area contributed by atoms with Crippen molar-refractivity contribution in [3.05, 3.63) is 35.9 Å². The Balaban J connectivity index is 1.66. The van der Waals surface area contributed by atoms with E-state index in [0.29, 0.717) is 23.0 Å². The summed E-state index contributed by atoms with van der Waals surface area (Å²) in [4.78, 5) is 25.1. The van der Waals surface area contributed by atoms with E-state index in [1.807, 2.05) is 37.3 Å². The van der Waals surface area contributed by atoms with Gasteiger partial charge in [0, 0.05) is 13.0 Å². The fourth-order valence-corrected chi connectivity index (χ4v) is 3.41. The lowest BCUT2D eigenvalue weighted by Crippen LogP contribution is -2.30. The van der Waals surface area contributed by atoms with E-state index in [1.54, 1.807) is 4.90 Å². The molecule has 1 fully saturated rings. The van der Waals surface area contributed by atoms with Crippen LogP contribution >= 0.6 is 24.0 Å². The van der Waals surface area contributed by atoms with Gasteiger partial charge in [0.05, 0.1) is 11.8 Å². The third-order valence-corrected chi connectivity index (χ3v) is 4.99. The first-order valence-electron chi connectivity index (χ1n) is 7.39. The molecule has 0 aliphatic carbocycles. The lowest BCUT2D eigenvalue weighted by Gasteiger charge is -2.16. The van der Waals surface area contributed by atoms with Gasteiger partial charge in [-0.2, -0.15) is 0 Å². The van der Waals surface area contributed by atoms with E-state index in [2.05, 4.69) is 5.32 Å². The van der Waals surface area contributed by atoms with Crippen LogP contribution in [0.5, 0.6) is 0 Å². The highest BCUT2D eigenvalue weighted by atomic mass is 32.2. The molecule has 1 aliphatic rings. The molecule has 0 spiro atoms. The van der Waals surface area contributed by atoms with Gasteiger partial charge in [0.2, 0.25) is 11.8 Å². The Bertz CT molecular complexity index is 532. The second-order valence-electron chi connectivity index (χ2n) is 5.26. The first-order valence-corrected chi connectivity index (χ1v) is 8.78. The number of nitrogens with one attached hydrogen (secondary N) is 1. The molecule has 1 saturated heterocycles. The number of benzene rings is 1. The first-order chi connectivity index (χ1) is 10.6. The maximum Gasteiger partial charge on any atom is 0.238 e. The Morgan fingerprint density at radius 2 is 2.09 bits per heavy atom. The number of amides is 2. The normalized spacial score (nSPS) is 16.0. The summed E-state index contributed by atoms with van der Waals surface area (Å²) in [5.74, 6) is 0.576. The molecule has 118 valence electrons. The minimum Gasteiger partial charge on any atom is -0.350 e. The minimum absolute atomic E-state index is 0.0119. The number of hydrogen-bond donors (Lipinski definition) is 1. The molecule has 1 aromatic rings. The maximum atomic E-state index is 11.9. The van der Waals surface area contributed by atoms with E-state index in [0.717, 1.165) is 18.4 Å². The molecular formula is C16H20N2O2S2. The summed E-state index contributed by atoms with van der Waals surface area (Å²) in [5.41, 5.74) is 1.10. The van der Waals surface area contributed by atoms with Crippen LogP contribution in [0.2, 0.25) is 0 Å². The highest BCUT2D eigenvalue weighted by Gasteiger charge is 2.25. The van der Waals surface area contributed by atoms with Crippen molar-refractivity contribution in [3.63, 3.8) is 0 Å². The predicted molar refractivity (Wildman–Crippen MR) is 93.6 cm³/mol. The van der Waals surface area contributed by atoms with E-state index in [-0.39, 0.29) is 17.9 Å². The van der Waals surface area contributed by atoms with Crippen molar-refractivity contribution in [2.45, 2.75) is 32.2 Å². The molecule has 2 rings (SSSR count). The molecule has 6 heteroatoms. The highest BCUT2D eigenvalue weighted by molar-refractivity contribution is 8.23. The molecule has 2 amide bonds. The Morgan fingerprint density at radius 1 is 1.36 bits per heavy atom. The smallest absolute Gasteiger partial charge is 0.238 e. The van der Waals surface area contributed by atoms with Crippen LogP contribution in [0.1, 0.15) is 37.8 Å². The molecule has 1 aromatic carbocycles. The van der Waals surface area contributed by atoms with Crippen LogP contribution in [0, 0.1) is 0 Å². The van der Waals surface area contributed by atoms with Crippen LogP contribution < -0.4 is 5.32 Å². The number of hydrogen-bond acceptors (Lipinski definition) is 4. The topological polar surface area (TPSA) is 49.4 Å². The molecule has 0 bridgehead atoms. The van der Waals surface area contributed by atoms with Gasteiger partial charge in [0.1, 0.15) is 4.32 Å². The Hall–Kier alpha value is -1.40. The van der Waals surface area contributed by atoms with Crippen molar-refractivity contribution >= 4 is 40.1 Å². The van der Waals surface area contributed by atoms with E-state index in [4.69, 9.17) is 12.2 Å². The molecule has 0 saturated carbocycles. The van der Waals surface area contributed by atoms with Crippen molar-refractivity contribution in [3.8, 4) is 0 Å². The highest BCUT2D eigenvalue weighted by Crippen LogP contribution is 2.19. The van der Waals surface area contributed by atoms with Gasteiger partial charge in [-0.15, -0.1) is 0 Å². The van der Waals surface area contributed by atoms with Crippen molar-refractivity contribution in [1.82, 2.24) is 10.2 Å². The summed E-state index contributed by atoms with van der Waals surface area (Å²) >= 11 is 6.53. The van der Waals surface area contributed by atoms with Gasteiger partial charge in [-0.05, 0) is 25.3 Å². The summed E-state index contributed by atoms with van der Waals surface area (Å²) < 4.78 is 0.659. The zero-order valence-electron chi connectivity index (χ0n) is 12.6. The Kier molecular flexibility index (Phi) is 6.39. The second-order valence-corrected chi connectivity index (χ2v) is 6.87. The van der Waals surface area contributed by atoms with Crippen molar-refractivity contribution in [2.75, 3.05) is 12.3 Å². The van der Waals surface area contributed by atoms with E-state index >= 15 is 0 Å². The van der Waals surface area contributed by atoms with Crippen LogP contribution in [-0.4, -0.2) is 33.3 Å². The number of rotatable bonds is 7.